The summed E-state index contributed by atoms with van der Waals surface area (Å²) in [7, 11) is 0. The molecule has 13 heavy (non-hydrogen) atoms. The quantitative estimate of drug-likeness (QED) is 0.330. The summed E-state index contributed by atoms with van der Waals surface area (Å²) >= 11 is 10.9. The summed E-state index contributed by atoms with van der Waals surface area (Å²) in [6.45, 7) is 0. The summed E-state index contributed by atoms with van der Waals surface area (Å²) in [5.74, 6) is -0.447. The first-order chi connectivity index (χ1) is 5.95. The monoisotopic (exact) mass is 222 g/mol. The summed E-state index contributed by atoms with van der Waals surface area (Å²) in [6, 6.07) is 0.948. The van der Waals surface area contributed by atoms with Crippen LogP contribution in [0.15, 0.2) is 6.07 Å². The van der Waals surface area contributed by atoms with Gasteiger partial charge in [-0.25, -0.2) is 0 Å². The van der Waals surface area contributed by atoms with E-state index in [1.807, 2.05) is 0 Å². The zero-order chi connectivity index (χ0) is 10.2. The van der Waals surface area contributed by atoms with E-state index in [9.17, 15) is 10.1 Å². The van der Waals surface area contributed by atoms with E-state index >= 15 is 0 Å². The summed E-state index contributed by atoms with van der Waals surface area (Å²) in [4.78, 5) is 9.63. The Morgan fingerprint density at radius 1 is 1.46 bits per heavy atom. The van der Waals surface area contributed by atoms with Crippen LogP contribution in [0, 0.1) is 10.1 Å². The molecule has 0 amide bonds. The average Bonchev–Trinajstić information content (AvgIpc) is 2.07. The number of hydrogen-bond acceptors (Lipinski definition) is 4. The van der Waals surface area contributed by atoms with Gasteiger partial charge in [0.15, 0.2) is 5.75 Å². The number of halogens is 2. The Kier molecular flexibility index (Phi) is 2.49. The van der Waals surface area contributed by atoms with Gasteiger partial charge in [0.2, 0.25) is 0 Å². The Morgan fingerprint density at radius 3 is 2.46 bits per heavy atom. The van der Waals surface area contributed by atoms with Crippen molar-refractivity contribution < 1.29 is 10.0 Å². The fraction of sp³-hybridized carbons (Fsp3) is 0. The molecule has 0 saturated heterocycles. The Morgan fingerprint density at radius 2 is 2.00 bits per heavy atom. The minimum absolute atomic E-state index is 0.180. The zero-order valence-corrected chi connectivity index (χ0v) is 7.63. The highest BCUT2D eigenvalue weighted by molar-refractivity contribution is 6.44. The van der Waals surface area contributed by atoms with E-state index in [1.165, 1.54) is 0 Å². The molecule has 1 rings (SSSR count). The average molecular weight is 223 g/mol. The molecule has 70 valence electrons. The maximum absolute atomic E-state index is 10.4. The first-order valence-corrected chi connectivity index (χ1v) is 3.81. The van der Waals surface area contributed by atoms with E-state index in [2.05, 4.69) is 0 Å². The predicted octanol–water partition coefficient (Wildman–Crippen LogP) is 2.19. The van der Waals surface area contributed by atoms with Crippen molar-refractivity contribution in [1.82, 2.24) is 0 Å². The van der Waals surface area contributed by atoms with E-state index in [-0.39, 0.29) is 15.7 Å². The van der Waals surface area contributed by atoms with Crippen molar-refractivity contribution in [3.05, 3.63) is 26.2 Å². The zero-order valence-electron chi connectivity index (χ0n) is 6.12. The summed E-state index contributed by atoms with van der Waals surface area (Å²) < 4.78 is 0. The third kappa shape index (κ3) is 1.61. The molecule has 1 aromatic carbocycles. The topological polar surface area (TPSA) is 89.4 Å². The van der Waals surface area contributed by atoms with Gasteiger partial charge in [-0.1, -0.05) is 23.2 Å². The molecule has 1 aromatic rings. The molecule has 0 radical (unpaired) electrons. The van der Waals surface area contributed by atoms with Crippen LogP contribution in [0.2, 0.25) is 10.0 Å². The molecular formula is C6H4Cl2N2O3. The third-order valence-electron chi connectivity index (χ3n) is 1.39. The Hall–Kier alpha value is -1.20. The Labute approximate surface area is 82.8 Å². The molecule has 0 aliphatic heterocycles. The van der Waals surface area contributed by atoms with Crippen LogP contribution in [-0.2, 0) is 0 Å². The number of phenolic OH excluding ortho intramolecular Hbond substituents is 1. The molecule has 0 spiro atoms. The number of aromatic hydroxyl groups is 1. The lowest BCUT2D eigenvalue weighted by Crippen LogP contribution is -1.94. The van der Waals surface area contributed by atoms with Crippen molar-refractivity contribution in [2.24, 2.45) is 0 Å². The maximum atomic E-state index is 10.4. The molecule has 0 fully saturated rings. The van der Waals surface area contributed by atoms with Crippen molar-refractivity contribution in [2.75, 3.05) is 5.73 Å². The van der Waals surface area contributed by atoms with Gasteiger partial charge in [0, 0.05) is 6.07 Å². The van der Waals surface area contributed by atoms with E-state index in [0.29, 0.717) is 0 Å². The van der Waals surface area contributed by atoms with E-state index in [1.54, 1.807) is 0 Å². The van der Waals surface area contributed by atoms with Gasteiger partial charge in [-0.05, 0) is 0 Å². The number of benzene rings is 1. The fourth-order valence-electron chi connectivity index (χ4n) is 0.755. The number of nitrogens with zero attached hydrogens (tertiary/aromatic N) is 1. The number of nitrogen functional groups attached to an aromatic ring is 1. The highest BCUT2D eigenvalue weighted by Gasteiger charge is 2.20. The molecule has 3 N–H and O–H groups in total. The molecule has 0 atom stereocenters. The number of hydrogen-bond donors (Lipinski definition) is 2. The molecule has 0 aliphatic carbocycles. The number of nitro benzene ring substituents is 1. The van der Waals surface area contributed by atoms with E-state index in [4.69, 9.17) is 34.0 Å². The van der Waals surface area contributed by atoms with E-state index in [0.717, 1.165) is 6.07 Å². The SMILES string of the molecule is Nc1cc([N+](=O)[O-])c(Cl)c(Cl)c1O. The highest BCUT2D eigenvalue weighted by atomic mass is 35.5. The van der Waals surface area contributed by atoms with Crippen LogP contribution >= 0.6 is 23.2 Å². The lowest BCUT2D eigenvalue weighted by Gasteiger charge is -2.03. The number of nitro groups is 1. The first kappa shape index (κ1) is 9.88. The molecular weight excluding hydrogens is 219 g/mol. The van der Waals surface area contributed by atoms with Crippen molar-refractivity contribution in [3.8, 4) is 5.75 Å². The number of phenols is 1. The maximum Gasteiger partial charge on any atom is 0.291 e. The van der Waals surface area contributed by atoms with Crippen LogP contribution in [0.4, 0.5) is 11.4 Å². The normalized spacial score (nSPS) is 10.0. The molecule has 0 heterocycles. The molecule has 0 aromatic heterocycles. The number of nitrogens with two attached hydrogens (primary N) is 1. The van der Waals surface area contributed by atoms with Gasteiger partial charge in [-0.15, -0.1) is 0 Å². The van der Waals surface area contributed by atoms with Crippen LogP contribution in [0.5, 0.6) is 5.75 Å². The Bertz CT molecular complexity index is 381. The van der Waals surface area contributed by atoms with Crippen LogP contribution in [0.3, 0.4) is 0 Å². The van der Waals surface area contributed by atoms with Gasteiger partial charge in [-0.2, -0.15) is 0 Å². The predicted molar refractivity (Wildman–Crippen MR) is 49.2 cm³/mol. The van der Waals surface area contributed by atoms with Gasteiger partial charge < -0.3 is 10.8 Å². The fourth-order valence-corrected chi connectivity index (χ4v) is 1.17. The van der Waals surface area contributed by atoms with Crippen LogP contribution in [-0.4, -0.2) is 10.0 Å². The second-order valence-electron chi connectivity index (χ2n) is 2.22. The molecule has 7 heteroatoms. The largest absolute Gasteiger partial charge is 0.504 e. The van der Waals surface area contributed by atoms with Crippen LogP contribution in [0.25, 0.3) is 0 Å². The molecule has 0 saturated carbocycles. The van der Waals surface area contributed by atoms with Gasteiger partial charge in [0.1, 0.15) is 10.0 Å². The smallest absolute Gasteiger partial charge is 0.291 e. The standard InChI is InChI=1S/C6H4Cl2N2O3/c7-4-3(10(12)13)1-2(9)6(11)5(4)8/h1,11H,9H2. The van der Waals surface area contributed by atoms with Crippen molar-refractivity contribution in [3.63, 3.8) is 0 Å². The molecule has 0 bridgehead atoms. The lowest BCUT2D eigenvalue weighted by atomic mass is 10.2. The molecule has 0 unspecified atom stereocenters. The van der Waals surface area contributed by atoms with Crippen molar-refractivity contribution in [1.29, 1.82) is 0 Å². The van der Waals surface area contributed by atoms with Crippen molar-refractivity contribution >= 4 is 34.6 Å². The minimum Gasteiger partial charge on any atom is -0.504 e. The summed E-state index contributed by atoms with van der Waals surface area (Å²) in [5, 5.41) is 18.9. The highest BCUT2D eigenvalue weighted by Crippen LogP contribution is 2.41. The van der Waals surface area contributed by atoms with Gasteiger partial charge >= 0.3 is 0 Å². The van der Waals surface area contributed by atoms with Crippen molar-refractivity contribution in [2.45, 2.75) is 0 Å². The summed E-state index contributed by atoms with van der Waals surface area (Å²) in [5.41, 5.74) is 4.62. The summed E-state index contributed by atoms with van der Waals surface area (Å²) in [6.07, 6.45) is 0. The van der Waals surface area contributed by atoms with Gasteiger partial charge in [0.05, 0.1) is 10.6 Å². The molecule has 0 aliphatic rings. The second-order valence-corrected chi connectivity index (χ2v) is 2.97. The van der Waals surface area contributed by atoms with E-state index < -0.39 is 16.4 Å². The van der Waals surface area contributed by atoms with Crippen LogP contribution in [0.1, 0.15) is 0 Å². The lowest BCUT2D eigenvalue weighted by molar-refractivity contribution is -0.384. The minimum atomic E-state index is -0.732. The number of anilines is 1. The van der Waals surface area contributed by atoms with Crippen LogP contribution < -0.4 is 5.73 Å². The number of rotatable bonds is 1. The van der Waals surface area contributed by atoms with Gasteiger partial charge in [-0.3, -0.25) is 10.1 Å². The second kappa shape index (κ2) is 3.27. The third-order valence-corrected chi connectivity index (χ3v) is 2.24. The van der Waals surface area contributed by atoms with Gasteiger partial charge in [0.25, 0.3) is 5.69 Å². The molecule has 5 nitrogen and oxygen atoms in total. The first-order valence-electron chi connectivity index (χ1n) is 3.06. The Balaban J connectivity index is 3.50.